The van der Waals surface area contributed by atoms with Crippen LogP contribution in [-0.2, 0) is 0 Å². The molecule has 8 heteroatoms. The van der Waals surface area contributed by atoms with E-state index in [9.17, 15) is 19.8 Å². The molecule has 3 aromatic rings. The van der Waals surface area contributed by atoms with Crippen molar-refractivity contribution in [1.29, 1.82) is 0 Å². The molecular weight excluding hydrogens is 364 g/mol. The molecule has 3 rings (SSSR count). The first-order chi connectivity index (χ1) is 13.3. The topological polar surface area (TPSA) is 145 Å². The summed E-state index contributed by atoms with van der Waals surface area (Å²) in [6.07, 6.45) is 0. The number of rotatable bonds is 6. The molecule has 0 bridgehead atoms. The highest BCUT2D eigenvalue weighted by Crippen LogP contribution is 2.36. The highest BCUT2D eigenvalue weighted by molar-refractivity contribution is 5.94. The van der Waals surface area contributed by atoms with Crippen molar-refractivity contribution in [3.05, 3.63) is 71.8 Å². The number of hydrogen-bond donors (Lipinski definition) is 4. The van der Waals surface area contributed by atoms with Gasteiger partial charge < -0.3 is 31.2 Å². The summed E-state index contributed by atoms with van der Waals surface area (Å²) in [6.45, 7) is 0. The van der Waals surface area contributed by atoms with E-state index in [0.717, 1.165) is 0 Å². The molecule has 0 radical (unpaired) electrons. The van der Waals surface area contributed by atoms with Gasteiger partial charge in [0.1, 0.15) is 11.5 Å². The van der Waals surface area contributed by atoms with Crippen molar-refractivity contribution >= 4 is 23.3 Å². The minimum atomic E-state index is -1.17. The molecule has 6 N–H and O–H groups in total. The normalized spacial score (nSPS) is 10.3. The second-order valence-electron chi connectivity index (χ2n) is 5.76. The van der Waals surface area contributed by atoms with Crippen LogP contribution < -0.4 is 20.9 Å². The molecule has 0 atom stereocenters. The summed E-state index contributed by atoms with van der Waals surface area (Å²) in [5, 5.41) is 18.4. The van der Waals surface area contributed by atoms with Gasteiger partial charge in [0.05, 0.1) is 11.1 Å². The number of carboxylic acid groups (broad SMARTS) is 2. The molecule has 0 saturated carbocycles. The standard InChI is InChI=1S/C20H16N2O6/c21-15-7-5-11(9-13(15)19(23)24)27-17-3-1-2-4-18(17)28-12-6-8-16(22)14(10-12)20(25)26/h1-10H,21-22H2,(H,23,24)(H,25,26). The number of ether oxygens (including phenoxy) is 2. The lowest BCUT2D eigenvalue weighted by Gasteiger charge is -2.13. The van der Waals surface area contributed by atoms with Crippen LogP contribution in [0.1, 0.15) is 20.7 Å². The maximum atomic E-state index is 11.2. The van der Waals surface area contributed by atoms with Gasteiger partial charge in [-0.1, -0.05) is 12.1 Å². The van der Waals surface area contributed by atoms with Gasteiger partial charge in [-0.15, -0.1) is 0 Å². The monoisotopic (exact) mass is 380 g/mol. The average Bonchev–Trinajstić information content (AvgIpc) is 2.66. The maximum Gasteiger partial charge on any atom is 0.337 e. The zero-order chi connectivity index (χ0) is 20.3. The summed E-state index contributed by atoms with van der Waals surface area (Å²) >= 11 is 0. The molecule has 0 fully saturated rings. The van der Waals surface area contributed by atoms with Crippen LogP contribution in [0.2, 0.25) is 0 Å². The smallest absolute Gasteiger partial charge is 0.337 e. The number of aromatic carboxylic acids is 2. The van der Waals surface area contributed by atoms with E-state index < -0.39 is 11.9 Å². The molecule has 0 aromatic heterocycles. The summed E-state index contributed by atoms with van der Waals surface area (Å²) in [6, 6.07) is 15.2. The predicted molar refractivity (Wildman–Crippen MR) is 102 cm³/mol. The van der Waals surface area contributed by atoms with E-state index in [2.05, 4.69) is 0 Å². The van der Waals surface area contributed by atoms with Crippen LogP contribution >= 0.6 is 0 Å². The summed E-state index contributed by atoms with van der Waals surface area (Å²) in [5.74, 6) is -1.22. The van der Waals surface area contributed by atoms with Gasteiger partial charge in [-0.25, -0.2) is 9.59 Å². The summed E-state index contributed by atoms with van der Waals surface area (Å²) in [5.41, 5.74) is 11.4. The van der Waals surface area contributed by atoms with Crippen molar-refractivity contribution in [2.24, 2.45) is 0 Å². The van der Waals surface area contributed by atoms with Crippen LogP contribution in [0.4, 0.5) is 11.4 Å². The van der Waals surface area contributed by atoms with E-state index in [1.807, 2.05) is 0 Å². The molecule has 0 saturated heterocycles. The summed E-state index contributed by atoms with van der Waals surface area (Å²) in [4.78, 5) is 22.5. The average molecular weight is 380 g/mol. The van der Waals surface area contributed by atoms with Crippen LogP contribution in [0.5, 0.6) is 23.0 Å². The number of anilines is 2. The minimum absolute atomic E-state index is 0.0828. The van der Waals surface area contributed by atoms with E-state index in [4.69, 9.17) is 20.9 Å². The van der Waals surface area contributed by atoms with Crippen LogP contribution in [0.15, 0.2) is 60.7 Å². The van der Waals surface area contributed by atoms with Crippen molar-refractivity contribution in [2.45, 2.75) is 0 Å². The Bertz CT molecular complexity index is 980. The van der Waals surface area contributed by atoms with Gasteiger partial charge in [-0.3, -0.25) is 0 Å². The van der Waals surface area contributed by atoms with Crippen LogP contribution in [0.3, 0.4) is 0 Å². The number of benzene rings is 3. The molecular formula is C20H16N2O6. The molecule has 142 valence electrons. The van der Waals surface area contributed by atoms with Gasteiger partial charge in [0.15, 0.2) is 11.5 Å². The lowest BCUT2D eigenvalue weighted by Crippen LogP contribution is -2.03. The van der Waals surface area contributed by atoms with Gasteiger partial charge in [-0.05, 0) is 48.5 Å². The second kappa shape index (κ2) is 7.58. The van der Waals surface area contributed by atoms with Gasteiger partial charge in [0, 0.05) is 11.4 Å². The molecule has 28 heavy (non-hydrogen) atoms. The first-order valence-electron chi connectivity index (χ1n) is 8.05. The Balaban J connectivity index is 1.90. The fraction of sp³-hybridized carbons (Fsp3) is 0. The summed E-state index contributed by atoms with van der Waals surface area (Å²) < 4.78 is 11.5. The third-order valence-electron chi connectivity index (χ3n) is 3.82. The van der Waals surface area contributed by atoms with Gasteiger partial charge in [0.2, 0.25) is 0 Å². The maximum absolute atomic E-state index is 11.2. The van der Waals surface area contributed by atoms with E-state index in [-0.39, 0.29) is 34.0 Å². The van der Waals surface area contributed by atoms with Crippen molar-refractivity contribution in [1.82, 2.24) is 0 Å². The van der Waals surface area contributed by atoms with Gasteiger partial charge in [-0.2, -0.15) is 0 Å². The lowest BCUT2D eigenvalue weighted by atomic mass is 10.1. The molecule has 3 aromatic carbocycles. The SMILES string of the molecule is Nc1ccc(Oc2ccccc2Oc2ccc(N)c(C(=O)O)c2)cc1C(=O)O. The fourth-order valence-electron chi connectivity index (χ4n) is 2.44. The Morgan fingerprint density at radius 1 is 0.679 bits per heavy atom. The number of carboxylic acids is 2. The van der Waals surface area contributed by atoms with Gasteiger partial charge >= 0.3 is 11.9 Å². The lowest BCUT2D eigenvalue weighted by molar-refractivity contribution is 0.0687. The van der Waals surface area contributed by atoms with Crippen LogP contribution in [0, 0.1) is 0 Å². The minimum Gasteiger partial charge on any atom is -0.478 e. The number of nitrogen functional groups attached to an aromatic ring is 2. The molecule has 0 unspecified atom stereocenters. The van der Waals surface area contributed by atoms with E-state index in [1.54, 1.807) is 24.3 Å². The highest BCUT2D eigenvalue weighted by Gasteiger charge is 2.14. The van der Waals surface area contributed by atoms with Crippen LogP contribution in [-0.4, -0.2) is 22.2 Å². The summed E-state index contributed by atoms with van der Waals surface area (Å²) in [7, 11) is 0. The molecule has 0 aliphatic heterocycles. The molecule has 0 heterocycles. The number of nitrogens with two attached hydrogens (primary N) is 2. The quantitative estimate of drug-likeness (QED) is 0.472. The van der Waals surface area contributed by atoms with Crippen molar-refractivity contribution < 1.29 is 29.3 Å². The van der Waals surface area contributed by atoms with Gasteiger partial charge in [0.25, 0.3) is 0 Å². The Morgan fingerprint density at radius 2 is 1.07 bits per heavy atom. The molecule has 8 nitrogen and oxygen atoms in total. The zero-order valence-corrected chi connectivity index (χ0v) is 14.5. The Labute approximate surface area is 159 Å². The first-order valence-corrected chi connectivity index (χ1v) is 8.05. The number of carbonyl (C=O) groups is 2. The van der Waals surface area contributed by atoms with E-state index in [1.165, 1.54) is 36.4 Å². The second-order valence-corrected chi connectivity index (χ2v) is 5.76. The molecule has 0 spiro atoms. The Kier molecular flexibility index (Phi) is 5.03. The number of hydrogen-bond acceptors (Lipinski definition) is 6. The Hall–Kier alpha value is -4.20. The molecule has 0 aliphatic carbocycles. The van der Waals surface area contributed by atoms with Crippen molar-refractivity contribution in [3.63, 3.8) is 0 Å². The van der Waals surface area contributed by atoms with Crippen molar-refractivity contribution in [3.8, 4) is 23.0 Å². The predicted octanol–water partition coefficient (Wildman–Crippen LogP) is 3.83. The first kappa shape index (κ1) is 18.6. The number of para-hydroxylation sites is 2. The molecule has 0 aliphatic rings. The largest absolute Gasteiger partial charge is 0.478 e. The zero-order valence-electron chi connectivity index (χ0n) is 14.5. The third-order valence-corrected chi connectivity index (χ3v) is 3.82. The van der Waals surface area contributed by atoms with Crippen molar-refractivity contribution in [2.75, 3.05) is 11.5 Å². The fourth-order valence-corrected chi connectivity index (χ4v) is 2.44. The van der Waals surface area contributed by atoms with E-state index in [0.29, 0.717) is 11.5 Å². The van der Waals surface area contributed by atoms with E-state index >= 15 is 0 Å². The highest BCUT2D eigenvalue weighted by atomic mass is 16.5. The molecule has 0 amide bonds. The Morgan fingerprint density at radius 3 is 1.43 bits per heavy atom. The van der Waals surface area contributed by atoms with Crippen LogP contribution in [0.25, 0.3) is 0 Å². The third kappa shape index (κ3) is 3.96.